The minimum atomic E-state index is -5.38. The molecule has 17 nitrogen and oxygen atoms in total. The van der Waals surface area contributed by atoms with E-state index < -0.39 is 89.6 Å². The van der Waals surface area contributed by atoms with Crippen LogP contribution in [0.15, 0.2) is 85.1 Å². The summed E-state index contributed by atoms with van der Waals surface area (Å²) in [5.41, 5.74) is 0. The van der Waals surface area contributed by atoms with Crippen molar-refractivity contribution in [3.05, 3.63) is 85.1 Å². The van der Waals surface area contributed by atoms with Crippen molar-refractivity contribution in [1.82, 2.24) is 0 Å². The van der Waals surface area contributed by atoms with Crippen LogP contribution in [0.2, 0.25) is 0 Å². The van der Waals surface area contributed by atoms with Gasteiger partial charge in [-0.1, -0.05) is 137 Å². The van der Waals surface area contributed by atoms with E-state index in [1.807, 2.05) is 18.2 Å². The minimum absolute atomic E-state index is 0.0363. The zero-order chi connectivity index (χ0) is 49.1. The summed E-state index contributed by atoms with van der Waals surface area (Å²) in [6.07, 6.45) is 27.0. The Hall–Kier alpha value is -2.86. The van der Waals surface area contributed by atoms with Gasteiger partial charge in [-0.3, -0.25) is 23.2 Å². The molecule has 0 heterocycles. The highest BCUT2D eigenvalue weighted by Crippen LogP contribution is 2.49. The molecule has 0 saturated heterocycles. The number of phosphoric acid groups is 2. The molecule has 0 aromatic heterocycles. The maximum Gasteiger partial charge on any atom is 0.472 e. The van der Waals surface area contributed by atoms with Crippen molar-refractivity contribution < 1.29 is 82.0 Å². The molecule has 0 bridgehead atoms. The summed E-state index contributed by atoms with van der Waals surface area (Å²) in [5, 5.41) is 51.4. The van der Waals surface area contributed by atoms with E-state index in [9.17, 15) is 58.9 Å². The number of ether oxygens (including phenoxy) is 2. The van der Waals surface area contributed by atoms with E-state index in [4.69, 9.17) is 18.5 Å². The number of rotatable bonds is 37. The number of carbonyl (C=O) groups excluding carboxylic acids is 2. The van der Waals surface area contributed by atoms with E-state index in [0.29, 0.717) is 25.7 Å². The Morgan fingerprint density at radius 1 is 0.561 bits per heavy atom. The third-order valence-corrected chi connectivity index (χ3v) is 11.6. The fourth-order valence-electron chi connectivity index (χ4n) is 6.49. The largest absolute Gasteiger partial charge is 0.472 e. The van der Waals surface area contributed by atoms with E-state index in [1.165, 1.54) is 0 Å². The number of esters is 2. The van der Waals surface area contributed by atoms with Crippen molar-refractivity contribution in [2.75, 3.05) is 13.2 Å². The van der Waals surface area contributed by atoms with Gasteiger partial charge in [0.15, 0.2) is 6.10 Å². The first-order valence-corrected chi connectivity index (χ1v) is 26.3. The lowest BCUT2D eigenvalue weighted by molar-refractivity contribution is -0.216. The molecule has 0 aromatic carbocycles. The smallest absolute Gasteiger partial charge is 0.462 e. The van der Waals surface area contributed by atoms with Crippen molar-refractivity contribution in [2.24, 2.45) is 0 Å². The van der Waals surface area contributed by atoms with Gasteiger partial charge in [-0.05, 0) is 70.6 Å². The van der Waals surface area contributed by atoms with Crippen LogP contribution in [0.5, 0.6) is 0 Å². The molecule has 8 N–H and O–H groups in total. The number of hydrogen-bond acceptors (Lipinski definition) is 14. The van der Waals surface area contributed by atoms with Crippen LogP contribution < -0.4 is 0 Å². The monoisotopic (exact) mass is 976 g/mol. The molecule has 1 rings (SSSR count). The maximum absolute atomic E-state index is 13.0. The zero-order valence-corrected chi connectivity index (χ0v) is 40.5. The first kappa shape index (κ1) is 61.2. The Kier molecular flexibility index (Phi) is 34.4. The molecule has 19 heteroatoms. The van der Waals surface area contributed by atoms with Gasteiger partial charge in [-0.2, -0.15) is 0 Å². The third kappa shape index (κ3) is 31.2. The van der Waals surface area contributed by atoms with Crippen molar-refractivity contribution in [3.8, 4) is 0 Å². The summed E-state index contributed by atoms with van der Waals surface area (Å²) in [4.78, 5) is 54.3. The summed E-state index contributed by atoms with van der Waals surface area (Å²) in [6, 6.07) is 0. The van der Waals surface area contributed by atoms with Crippen LogP contribution in [0.1, 0.15) is 136 Å². The van der Waals surface area contributed by atoms with Gasteiger partial charge in [0.1, 0.15) is 43.2 Å². The average molecular weight is 977 g/mol. The molecule has 0 spiro atoms. The predicted octanol–water partition coefficient (Wildman–Crippen LogP) is 7.58. The average Bonchev–Trinajstić information content (AvgIpc) is 3.27. The Morgan fingerprint density at radius 3 is 1.65 bits per heavy atom. The number of unbranched alkanes of at least 4 members (excludes halogenated alkanes) is 8. The standard InChI is InChI=1S/C47H78O17P2/c1-3-5-7-9-11-12-13-14-15-16-17-18-19-20-22-26-30-34-40(49)60-36-39(62-41(50)35-31-27-23-25-29-33-38(48)32-28-24-21-10-8-6-4-2)37-61-66(58,59)64-47-44(53)42(51)43(52)46(45(47)54)63-65(55,56)57/h5-8,11-12,14-15,17-18,21,24,28,32,38-39,42-48,51-54H,3-4,9-10,13,16,19-20,22-23,25-27,29-31,33-37H2,1-2H3,(H,58,59)(H2,55,56,57)/b7-5-,8-6+,12-11-,15-14-,18-17-,24-21+,32-28+/t38?,39-,42?,43?,44?,45?,46-,47+/m1/s1. The molecule has 1 fully saturated rings. The van der Waals surface area contributed by atoms with Crippen LogP contribution in [-0.2, 0) is 41.8 Å². The third-order valence-electron chi connectivity index (χ3n) is 10.1. The molecule has 0 aliphatic heterocycles. The van der Waals surface area contributed by atoms with Crippen LogP contribution in [0.3, 0.4) is 0 Å². The maximum atomic E-state index is 13.0. The Labute approximate surface area is 391 Å². The van der Waals surface area contributed by atoms with E-state index in [1.54, 1.807) is 6.08 Å². The molecule has 1 aliphatic rings. The first-order valence-electron chi connectivity index (χ1n) is 23.2. The van der Waals surface area contributed by atoms with Crippen molar-refractivity contribution in [1.29, 1.82) is 0 Å². The second-order valence-electron chi connectivity index (χ2n) is 15.9. The van der Waals surface area contributed by atoms with Crippen LogP contribution in [0.25, 0.3) is 0 Å². The van der Waals surface area contributed by atoms with Crippen LogP contribution in [-0.4, -0.2) is 114 Å². The summed E-state index contributed by atoms with van der Waals surface area (Å²) in [7, 11) is -10.7. The lowest BCUT2D eigenvalue weighted by atomic mass is 9.85. The van der Waals surface area contributed by atoms with E-state index in [-0.39, 0.29) is 12.8 Å². The Morgan fingerprint density at radius 2 is 1.06 bits per heavy atom. The Bertz CT molecular complexity index is 1620. The molecule has 6 unspecified atom stereocenters. The molecule has 378 valence electrons. The number of aliphatic hydroxyl groups is 5. The quantitative estimate of drug-likeness (QED) is 0.00979. The molecular weight excluding hydrogens is 898 g/mol. The van der Waals surface area contributed by atoms with Crippen molar-refractivity contribution in [3.63, 3.8) is 0 Å². The van der Waals surface area contributed by atoms with Gasteiger partial charge in [-0.15, -0.1) is 0 Å². The molecule has 66 heavy (non-hydrogen) atoms. The van der Waals surface area contributed by atoms with Gasteiger partial charge in [0, 0.05) is 12.8 Å². The second-order valence-corrected chi connectivity index (χ2v) is 18.5. The molecule has 0 amide bonds. The molecule has 0 aromatic rings. The van der Waals surface area contributed by atoms with Crippen LogP contribution in [0, 0.1) is 0 Å². The molecule has 1 saturated carbocycles. The van der Waals surface area contributed by atoms with Gasteiger partial charge in [-0.25, -0.2) is 9.13 Å². The molecule has 0 radical (unpaired) electrons. The second kappa shape index (κ2) is 37.1. The van der Waals surface area contributed by atoms with Crippen molar-refractivity contribution >= 4 is 27.6 Å². The predicted molar refractivity (Wildman–Crippen MR) is 251 cm³/mol. The summed E-state index contributed by atoms with van der Waals surface area (Å²) in [6.45, 7) is 2.75. The van der Waals surface area contributed by atoms with Gasteiger partial charge in [0.25, 0.3) is 0 Å². The Balaban J connectivity index is 2.66. The zero-order valence-electron chi connectivity index (χ0n) is 38.7. The molecular formula is C47H78O17P2. The summed E-state index contributed by atoms with van der Waals surface area (Å²) in [5.74, 6) is -1.32. The van der Waals surface area contributed by atoms with Crippen molar-refractivity contribution in [2.45, 2.75) is 185 Å². The highest BCUT2D eigenvalue weighted by Gasteiger charge is 2.54. The fraction of sp³-hybridized carbons (Fsp3) is 0.660. The molecule has 1 aliphatic carbocycles. The fourth-order valence-corrected chi connectivity index (χ4v) is 8.03. The van der Waals surface area contributed by atoms with E-state index in [0.717, 1.165) is 83.5 Å². The van der Waals surface area contributed by atoms with E-state index in [2.05, 4.69) is 79.1 Å². The van der Waals surface area contributed by atoms with Gasteiger partial charge >= 0.3 is 27.6 Å². The van der Waals surface area contributed by atoms with Crippen LogP contribution in [0.4, 0.5) is 0 Å². The number of hydrogen-bond donors (Lipinski definition) is 8. The molecule has 9 atom stereocenters. The SMILES string of the molecule is CC/C=C\C/C=C\C/C=C\C/C=C\CCCCCCC(=O)OC[C@H](COP(=O)(O)O[C@H]1C(O)C(O)C(O)[C@@H](OP(=O)(O)O)C1O)OC(=O)CCCCCCCC(O)/C=C/C=C/C/C=C/CC. The summed E-state index contributed by atoms with van der Waals surface area (Å²) < 4.78 is 49.3. The number of aliphatic hydroxyl groups excluding tert-OH is 5. The lowest BCUT2D eigenvalue weighted by Crippen LogP contribution is -2.64. The number of carbonyl (C=O) groups is 2. The van der Waals surface area contributed by atoms with Gasteiger partial charge in [0.05, 0.1) is 12.7 Å². The van der Waals surface area contributed by atoms with Gasteiger partial charge < -0.3 is 49.7 Å². The lowest BCUT2D eigenvalue weighted by Gasteiger charge is -2.43. The minimum Gasteiger partial charge on any atom is -0.462 e. The highest BCUT2D eigenvalue weighted by atomic mass is 31.2. The normalized spacial score (nSPS) is 22.8. The van der Waals surface area contributed by atoms with Gasteiger partial charge in [0.2, 0.25) is 0 Å². The highest BCUT2D eigenvalue weighted by molar-refractivity contribution is 7.47. The van der Waals surface area contributed by atoms with Crippen LogP contribution >= 0.6 is 15.6 Å². The number of phosphoric ester groups is 2. The summed E-state index contributed by atoms with van der Waals surface area (Å²) >= 11 is 0. The number of allylic oxidation sites excluding steroid dienone is 13. The first-order chi connectivity index (χ1) is 31.5. The van der Waals surface area contributed by atoms with E-state index >= 15 is 0 Å². The topological polar surface area (TPSA) is 276 Å².